The lowest BCUT2D eigenvalue weighted by molar-refractivity contribution is 0.906. The molecule has 0 bridgehead atoms. The van der Waals surface area contributed by atoms with Crippen LogP contribution in [0.1, 0.15) is 33.1 Å². The largest absolute Gasteiger partial charge is 0.126 e. The average Bonchev–Trinajstić information content (AvgIpc) is 2.26. The summed E-state index contributed by atoms with van der Waals surface area (Å²) >= 11 is 1.95. The fraction of sp³-hybridized carbons (Fsp3) is 0.429. The summed E-state index contributed by atoms with van der Waals surface area (Å²) in [4.78, 5) is 1.38. The number of rotatable bonds is 6. The minimum Gasteiger partial charge on any atom is -0.126 e. The lowest BCUT2D eigenvalue weighted by Crippen LogP contribution is -1.82. The molecule has 15 heavy (non-hydrogen) atoms. The van der Waals surface area contributed by atoms with E-state index >= 15 is 0 Å². The maximum atomic E-state index is 2.33. The van der Waals surface area contributed by atoms with Gasteiger partial charge in [-0.3, -0.25) is 0 Å². The first-order valence-corrected chi connectivity index (χ1v) is 6.65. The zero-order valence-corrected chi connectivity index (χ0v) is 10.5. The summed E-state index contributed by atoms with van der Waals surface area (Å²) in [6.07, 6.45) is 6.01. The van der Waals surface area contributed by atoms with Crippen molar-refractivity contribution >= 4 is 11.8 Å². The maximum Gasteiger partial charge on any atom is 0.00719 e. The maximum absolute atomic E-state index is 2.33. The van der Waals surface area contributed by atoms with Crippen LogP contribution in [0.4, 0.5) is 0 Å². The number of benzene rings is 1. The van der Waals surface area contributed by atoms with Gasteiger partial charge in [0.05, 0.1) is 0 Å². The summed E-state index contributed by atoms with van der Waals surface area (Å²) in [6, 6.07) is 10.6. The fourth-order valence-electron chi connectivity index (χ4n) is 1.51. The van der Waals surface area contributed by atoms with Crippen LogP contribution in [-0.2, 0) is 0 Å². The predicted octanol–water partition coefficient (Wildman–Crippen LogP) is 4.92. The van der Waals surface area contributed by atoms with Gasteiger partial charge < -0.3 is 0 Å². The van der Waals surface area contributed by atoms with Crippen LogP contribution in [0, 0.1) is 0 Å². The third kappa shape index (κ3) is 5.68. The second-order valence-electron chi connectivity index (χ2n) is 3.72. The highest BCUT2D eigenvalue weighted by atomic mass is 32.2. The molecule has 0 aliphatic heterocycles. The summed E-state index contributed by atoms with van der Waals surface area (Å²) < 4.78 is 0. The summed E-state index contributed by atoms with van der Waals surface area (Å²) in [5.41, 5.74) is 1.53. The zero-order valence-electron chi connectivity index (χ0n) is 9.70. The molecule has 0 saturated carbocycles. The van der Waals surface area contributed by atoms with Crippen molar-refractivity contribution in [3.8, 4) is 0 Å². The third-order valence-corrected chi connectivity index (χ3v) is 3.38. The molecular formula is C14H20S. The highest BCUT2D eigenvalue weighted by Gasteiger charge is 1.93. The fourth-order valence-corrected chi connectivity index (χ4v) is 2.38. The Morgan fingerprint density at radius 2 is 2.00 bits per heavy atom. The lowest BCUT2D eigenvalue weighted by Gasteiger charge is -2.02. The van der Waals surface area contributed by atoms with Crippen molar-refractivity contribution in [2.75, 3.05) is 5.75 Å². The Kier molecular flexibility index (Phi) is 6.26. The summed E-state index contributed by atoms with van der Waals surface area (Å²) in [5, 5.41) is 0. The number of hydrogen-bond donors (Lipinski definition) is 0. The molecule has 0 aromatic heterocycles. The summed E-state index contributed by atoms with van der Waals surface area (Å²) in [7, 11) is 0. The third-order valence-electron chi connectivity index (χ3n) is 2.28. The first kappa shape index (κ1) is 12.4. The molecule has 82 valence electrons. The second kappa shape index (κ2) is 7.58. The molecule has 0 aliphatic carbocycles. The monoisotopic (exact) mass is 220 g/mol. The van der Waals surface area contributed by atoms with Crippen molar-refractivity contribution in [1.82, 2.24) is 0 Å². The van der Waals surface area contributed by atoms with Gasteiger partial charge >= 0.3 is 0 Å². The molecule has 0 heterocycles. The highest BCUT2D eigenvalue weighted by Crippen LogP contribution is 2.19. The molecule has 0 aliphatic rings. The van der Waals surface area contributed by atoms with Crippen LogP contribution < -0.4 is 0 Å². The number of hydrogen-bond acceptors (Lipinski definition) is 1. The van der Waals surface area contributed by atoms with Gasteiger partial charge in [-0.25, -0.2) is 0 Å². The van der Waals surface area contributed by atoms with Gasteiger partial charge in [-0.1, -0.05) is 36.8 Å². The van der Waals surface area contributed by atoms with Crippen molar-refractivity contribution in [3.63, 3.8) is 0 Å². The van der Waals surface area contributed by atoms with Gasteiger partial charge in [0.25, 0.3) is 0 Å². The minimum atomic E-state index is 1.16. The van der Waals surface area contributed by atoms with Gasteiger partial charge in [-0.05, 0) is 44.1 Å². The van der Waals surface area contributed by atoms with E-state index in [0.717, 1.165) is 6.42 Å². The molecule has 0 atom stereocenters. The van der Waals surface area contributed by atoms with Crippen LogP contribution in [0.5, 0.6) is 0 Å². The van der Waals surface area contributed by atoms with E-state index in [4.69, 9.17) is 0 Å². The van der Waals surface area contributed by atoms with E-state index in [-0.39, 0.29) is 0 Å². The highest BCUT2D eigenvalue weighted by molar-refractivity contribution is 7.99. The Balaban J connectivity index is 2.15. The first-order valence-electron chi connectivity index (χ1n) is 5.66. The molecule has 1 aromatic rings. The van der Waals surface area contributed by atoms with Crippen LogP contribution in [0.25, 0.3) is 0 Å². The van der Waals surface area contributed by atoms with E-state index in [9.17, 15) is 0 Å². The molecule has 0 nitrogen and oxygen atoms in total. The Hall–Kier alpha value is -0.690. The molecule has 1 rings (SSSR count). The van der Waals surface area contributed by atoms with Crippen LogP contribution >= 0.6 is 11.8 Å². The molecule has 0 spiro atoms. The van der Waals surface area contributed by atoms with Gasteiger partial charge in [0.1, 0.15) is 0 Å². The van der Waals surface area contributed by atoms with Crippen molar-refractivity contribution in [3.05, 3.63) is 42.0 Å². The summed E-state index contributed by atoms with van der Waals surface area (Å²) in [5.74, 6) is 1.22. The topological polar surface area (TPSA) is 0 Å². The SMILES string of the molecule is CCC=C(C)CCCSc1ccccc1. The van der Waals surface area contributed by atoms with Crippen molar-refractivity contribution in [1.29, 1.82) is 0 Å². The van der Waals surface area contributed by atoms with Gasteiger partial charge in [-0.2, -0.15) is 0 Å². The van der Waals surface area contributed by atoms with Crippen LogP contribution in [0.15, 0.2) is 46.9 Å². The van der Waals surface area contributed by atoms with Crippen molar-refractivity contribution < 1.29 is 0 Å². The van der Waals surface area contributed by atoms with Crippen LogP contribution in [0.2, 0.25) is 0 Å². The molecule has 0 N–H and O–H groups in total. The predicted molar refractivity (Wildman–Crippen MR) is 70.4 cm³/mol. The number of allylic oxidation sites excluding steroid dienone is 2. The second-order valence-corrected chi connectivity index (χ2v) is 4.89. The first-order chi connectivity index (χ1) is 7.33. The van der Waals surface area contributed by atoms with E-state index in [1.165, 1.54) is 29.1 Å². The number of thioether (sulfide) groups is 1. The normalized spacial score (nSPS) is 11.7. The Morgan fingerprint density at radius 1 is 1.27 bits per heavy atom. The van der Waals surface area contributed by atoms with E-state index in [1.54, 1.807) is 0 Å². The lowest BCUT2D eigenvalue weighted by atomic mass is 10.1. The van der Waals surface area contributed by atoms with Crippen LogP contribution in [-0.4, -0.2) is 5.75 Å². The summed E-state index contributed by atoms with van der Waals surface area (Å²) in [6.45, 7) is 4.43. The van der Waals surface area contributed by atoms with Gasteiger partial charge in [0.15, 0.2) is 0 Å². The van der Waals surface area contributed by atoms with Crippen molar-refractivity contribution in [2.45, 2.75) is 38.0 Å². The average molecular weight is 220 g/mol. The van der Waals surface area contributed by atoms with Gasteiger partial charge in [0, 0.05) is 4.90 Å². The molecule has 0 amide bonds. The van der Waals surface area contributed by atoms with E-state index < -0.39 is 0 Å². The smallest absolute Gasteiger partial charge is 0.00719 e. The van der Waals surface area contributed by atoms with E-state index in [2.05, 4.69) is 50.3 Å². The van der Waals surface area contributed by atoms with E-state index in [1.807, 2.05) is 11.8 Å². The molecule has 0 saturated heterocycles. The molecule has 0 unspecified atom stereocenters. The van der Waals surface area contributed by atoms with Crippen molar-refractivity contribution in [2.24, 2.45) is 0 Å². The van der Waals surface area contributed by atoms with Crippen LogP contribution in [0.3, 0.4) is 0 Å². The van der Waals surface area contributed by atoms with Gasteiger partial charge in [0.2, 0.25) is 0 Å². The quantitative estimate of drug-likeness (QED) is 0.373. The molecule has 1 heteroatoms. The standard InChI is InChI=1S/C14H20S/c1-3-8-13(2)9-7-12-15-14-10-5-4-6-11-14/h4-6,8,10-11H,3,7,9,12H2,1-2H3. The molecule has 0 fully saturated rings. The van der Waals surface area contributed by atoms with Gasteiger partial charge in [-0.15, -0.1) is 11.8 Å². The Morgan fingerprint density at radius 3 is 2.67 bits per heavy atom. The molecule has 0 radical (unpaired) electrons. The Labute approximate surface area is 97.8 Å². The molecule has 1 aromatic carbocycles. The van der Waals surface area contributed by atoms with E-state index in [0.29, 0.717) is 0 Å². The Bertz CT molecular complexity index is 287. The minimum absolute atomic E-state index is 1.16. The molecular weight excluding hydrogens is 200 g/mol. The zero-order chi connectivity index (χ0) is 10.9.